The number of aromatic nitrogens is 2. The second-order valence-electron chi connectivity index (χ2n) is 4.96. The average molecular weight is 312 g/mol. The predicted molar refractivity (Wildman–Crippen MR) is 81.8 cm³/mol. The number of thioether (sulfide) groups is 1. The first-order valence-corrected chi connectivity index (χ1v) is 7.90. The maximum Gasteiger partial charge on any atom is 0.317 e. The first-order chi connectivity index (χ1) is 9.31. The van der Waals surface area contributed by atoms with Gasteiger partial charge in [0.1, 0.15) is 10.1 Å². The maximum absolute atomic E-state index is 12.1. The molecule has 0 radical (unpaired) electrons. The number of carboxylic acid groups (broad SMARTS) is 1. The highest BCUT2D eigenvalue weighted by atomic mass is 32.2. The van der Waals surface area contributed by atoms with Gasteiger partial charge in [0.25, 0.3) is 5.56 Å². The number of aryl methyl sites for hydroxylation is 2. The van der Waals surface area contributed by atoms with Crippen LogP contribution in [0.5, 0.6) is 0 Å². The summed E-state index contributed by atoms with van der Waals surface area (Å²) in [6, 6.07) is 0. The monoisotopic (exact) mass is 312 g/mol. The molecule has 2 aromatic heterocycles. The molecule has 0 aliphatic rings. The summed E-state index contributed by atoms with van der Waals surface area (Å²) >= 11 is 2.55. The lowest BCUT2D eigenvalue weighted by molar-refractivity contribution is -0.137. The third-order valence-corrected chi connectivity index (χ3v) is 5.62. The number of aromatic amines is 1. The van der Waals surface area contributed by atoms with Gasteiger partial charge in [-0.1, -0.05) is 25.6 Å². The molecule has 0 aliphatic heterocycles. The molecule has 0 bridgehead atoms. The number of carbonyl (C=O) groups is 1. The Morgan fingerprint density at radius 2 is 2.05 bits per heavy atom. The van der Waals surface area contributed by atoms with Crippen LogP contribution in [0.3, 0.4) is 0 Å². The van der Waals surface area contributed by atoms with Crippen molar-refractivity contribution >= 4 is 39.3 Å². The molecule has 0 aliphatic carbocycles. The normalized spacial score (nSPS) is 13.1. The predicted octanol–water partition coefficient (Wildman–Crippen LogP) is 2.80. The van der Waals surface area contributed by atoms with E-state index in [0.29, 0.717) is 15.4 Å². The van der Waals surface area contributed by atoms with Gasteiger partial charge in [0.2, 0.25) is 0 Å². The van der Waals surface area contributed by atoms with Gasteiger partial charge in [-0.2, -0.15) is 0 Å². The van der Waals surface area contributed by atoms with E-state index >= 15 is 0 Å². The first kappa shape index (κ1) is 15.1. The van der Waals surface area contributed by atoms with Gasteiger partial charge in [0, 0.05) is 4.88 Å². The number of hydrogen-bond donors (Lipinski definition) is 2. The van der Waals surface area contributed by atoms with E-state index in [0.717, 1.165) is 22.2 Å². The molecule has 7 heteroatoms. The summed E-state index contributed by atoms with van der Waals surface area (Å²) in [5.41, 5.74) is 0.737. The molecule has 2 heterocycles. The molecule has 0 saturated heterocycles. The molecular weight excluding hydrogens is 296 g/mol. The van der Waals surface area contributed by atoms with E-state index in [1.807, 2.05) is 27.7 Å². The highest BCUT2D eigenvalue weighted by molar-refractivity contribution is 8.00. The first-order valence-electron chi connectivity index (χ1n) is 6.20. The number of H-pyrrole nitrogens is 1. The van der Waals surface area contributed by atoms with Crippen molar-refractivity contribution < 1.29 is 9.90 Å². The summed E-state index contributed by atoms with van der Waals surface area (Å²) in [5.74, 6) is -0.948. The van der Waals surface area contributed by atoms with Crippen LogP contribution in [-0.2, 0) is 4.79 Å². The van der Waals surface area contributed by atoms with E-state index in [1.54, 1.807) is 0 Å². The number of thiophene rings is 1. The number of hydrogen-bond acceptors (Lipinski definition) is 5. The number of fused-ring (bicyclic) bond motifs is 1. The zero-order chi connectivity index (χ0) is 15.0. The highest BCUT2D eigenvalue weighted by Gasteiger charge is 2.24. The fraction of sp³-hybridized carbons (Fsp3) is 0.462. The summed E-state index contributed by atoms with van der Waals surface area (Å²) in [6.45, 7) is 7.51. The summed E-state index contributed by atoms with van der Waals surface area (Å²) in [4.78, 5) is 32.1. The molecular formula is C13H16N2O3S2. The minimum Gasteiger partial charge on any atom is -0.480 e. The summed E-state index contributed by atoms with van der Waals surface area (Å²) in [6.07, 6.45) is 0. The molecule has 1 unspecified atom stereocenters. The van der Waals surface area contributed by atoms with Crippen molar-refractivity contribution in [2.24, 2.45) is 5.92 Å². The second-order valence-corrected chi connectivity index (χ2v) is 7.29. The standard InChI is InChI=1S/C13H16N2O3S2/c1-5(2)9(12(17)18)20-13-14-10(16)8-6(3)7(4)19-11(8)15-13/h5,9H,1-4H3,(H,17,18)(H,14,15,16). The molecule has 0 amide bonds. The average Bonchev–Trinajstić information content (AvgIpc) is 2.61. The molecule has 0 saturated carbocycles. The SMILES string of the molecule is Cc1sc2nc(SC(C(=O)O)C(C)C)[nH]c(=O)c2c1C. The zero-order valence-electron chi connectivity index (χ0n) is 11.7. The van der Waals surface area contributed by atoms with Crippen LogP contribution in [0.4, 0.5) is 0 Å². The molecule has 5 nitrogen and oxygen atoms in total. The van der Waals surface area contributed by atoms with Gasteiger partial charge in [-0.05, 0) is 25.3 Å². The molecule has 0 spiro atoms. The van der Waals surface area contributed by atoms with Crippen molar-refractivity contribution in [3.8, 4) is 0 Å². The minimum absolute atomic E-state index is 0.0506. The number of nitrogens with zero attached hydrogens (tertiary/aromatic N) is 1. The van der Waals surface area contributed by atoms with E-state index in [1.165, 1.54) is 11.3 Å². The molecule has 2 aromatic rings. The van der Waals surface area contributed by atoms with E-state index in [2.05, 4.69) is 9.97 Å². The van der Waals surface area contributed by atoms with Crippen LogP contribution in [0.1, 0.15) is 24.3 Å². The Kier molecular flexibility index (Phi) is 4.19. The number of carboxylic acids is 1. The van der Waals surface area contributed by atoms with Crippen molar-refractivity contribution in [3.63, 3.8) is 0 Å². The van der Waals surface area contributed by atoms with Gasteiger partial charge in [-0.15, -0.1) is 11.3 Å². The molecule has 1 atom stereocenters. The fourth-order valence-corrected chi connectivity index (χ4v) is 3.88. The number of aliphatic carboxylic acids is 1. The lowest BCUT2D eigenvalue weighted by Crippen LogP contribution is -2.23. The fourth-order valence-electron chi connectivity index (χ4n) is 1.88. The molecule has 20 heavy (non-hydrogen) atoms. The van der Waals surface area contributed by atoms with Crippen molar-refractivity contribution in [1.82, 2.24) is 9.97 Å². The quantitative estimate of drug-likeness (QED) is 0.670. The number of nitrogens with one attached hydrogen (secondary N) is 1. The Hall–Kier alpha value is -1.34. The Labute approximate surface area is 124 Å². The number of rotatable bonds is 4. The molecule has 2 rings (SSSR count). The van der Waals surface area contributed by atoms with Crippen LogP contribution < -0.4 is 5.56 Å². The van der Waals surface area contributed by atoms with Crippen LogP contribution in [0.15, 0.2) is 9.95 Å². The van der Waals surface area contributed by atoms with Crippen molar-refractivity contribution in [2.45, 2.75) is 38.1 Å². The zero-order valence-corrected chi connectivity index (χ0v) is 13.3. The smallest absolute Gasteiger partial charge is 0.317 e. The summed E-state index contributed by atoms with van der Waals surface area (Å²) in [5, 5.41) is 9.54. The maximum atomic E-state index is 12.1. The molecule has 0 fully saturated rings. The minimum atomic E-state index is -0.897. The third-order valence-electron chi connectivity index (χ3n) is 3.10. The van der Waals surface area contributed by atoms with Gasteiger partial charge < -0.3 is 10.1 Å². The second kappa shape index (κ2) is 5.57. The Bertz CT molecular complexity index is 718. The van der Waals surface area contributed by atoms with Crippen LogP contribution in [0, 0.1) is 19.8 Å². The van der Waals surface area contributed by atoms with Gasteiger partial charge in [0.15, 0.2) is 5.16 Å². The van der Waals surface area contributed by atoms with E-state index < -0.39 is 11.2 Å². The largest absolute Gasteiger partial charge is 0.480 e. The van der Waals surface area contributed by atoms with Gasteiger partial charge in [-0.3, -0.25) is 9.59 Å². The van der Waals surface area contributed by atoms with E-state index in [9.17, 15) is 14.7 Å². The molecule has 2 N–H and O–H groups in total. The highest BCUT2D eigenvalue weighted by Crippen LogP contribution is 2.30. The Morgan fingerprint density at radius 3 is 2.60 bits per heavy atom. The molecule has 108 valence electrons. The van der Waals surface area contributed by atoms with Crippen molar-refractivity contribution in [3.05, 3.63) is 20.8 Å². The Morgan fingerprint density at radius 1 is 1.40 bits per heavy atom. The van der Waals surface area contributed by atoms with Crippen LogP contribution in [-0.4, -0.2) is 26.3 Å². The van der Waals surface area contributed by atoms with Crippen LogP contribution in [0.2, 0.25) is 0 Å². The summed E-state index contributed by atoms with van der Waals surface area (Å²) < 4.78 is 0. The summed E-state index contributed by atoms with van der Waals surface area (Å²) in [7, 11) is 0. The van der Waals surface area contributed by atoms with Crippen LogP contribution >= 0.6 is 23.1 Å². The van der Waals surface area contributed by atoms with Gasteiger partial charge in [-0.25, -0.2) is 4.98 Å². The molecule has 0 aromatic carbocycles. The van der Waals surface area contributed by atoms with Crippen LogP contribution in [0.25, 0.3) is 10.2 Å². The van der Waals surface area contributed by atoms with Gasteiger partial charge >= 0.3 is 5.97 Å². The van der Waals surface area contributed by atoms with Crippen molar-refractivity contribution in [1.29, 1.82) is 0 Å². The van der Waals surface area contributed by atoms with E-state index in [-0.39, 0.29) is 11.5 Å². The lowest BCUT2D eigenvalue weighted by atomic mass is 10.1. The Balaban J connectivity index is 2.46. The third kappa shape index (κ3) is 2.73. The van der Waals surface area contributed by atoms with Gasteiger partial charge in [0.05, 0.1) is 5.39 Å². The topological polar surface area (TPSA) is 83.0 Å². The lowest BCUT2D eigenvalue weighted by Gasteiger charge is -2.14. The van der Waals surface area contributed by atoms with E-state index in [4.69, 9.17) is 0 Å². The van der Waals surface area contributed by atoms with Crippen molar-refractivity contribution in [2.75, 3.05) is 0 Å².